The summed E-state index contributed by atoms with van der Waals surface area (Å²) in [6, 6.07) is 93.8. The number of hydrogen-bond donors (Lipinski definition) is 0. The molecule has 0 N–H and O–H groups in total. The molecule has 5 nitrogen and oxygen atoms in total. The van der Waals surface area contributed by atoms with E-state index in [4.69, 9.17) is 0 Å². The largest absolute Gasteiger partial charge is 0.311 e. The zero-order valence-corrected chi connectivity index (χ0v) is 55.9. The molecule has 0 saturated heterocycles. The van der Waals surface area contributed by atoms with E-state index in [0.717, 1.165) is 28.3 Å². The number of aromatic nitrogens is 3. The van der Waals surface area contributed by atoms with Crippen LogP contribution in [0.5, 0.6) is 0 Å². The molecule has 0 spiro atoms. The average molecular weight is 1210 g/mol. The zero-order valence-electron chi connectivity index (χ0n) is 55.9. The number of anilines is 6. The fourth-order valence-corrected chi connectivity index (χ4v) is 16.2. The maximum Gasteiger partial charge on any atom is 0.252 e. The van der Waals surface area contributed by atoms with Crippen molar-refractivity contribution in [3.63, 3.8) is 0 Å². The van der Waals surface area contributed by atoms with Gasteiger partial charge in [-0.3, -0.25) is 0 Å². The number of para-hydroxylation sites is 6. The van der Waals surface area contributed by atoms with Gasteiger partial charge in [-0.25, -0.2) is 0 Å². The molecule has 0 saturated carbocycles. The molecule has 4 aromatic heterocycles. The topological polar surface area (TPSA) is 20.8 Å². The van der Waals surface area contributed by atoms with E-state index >= 15 is 0 Å². The first-order valence-electron chi connectivity index (χ1n) is 33.7. The van der Waals surface area contributed by atoms with E-state index in [2.05, 4.69) is 349 Å². The summed E-state index contributed by atoms with van der Waals surface area (Å²) in [5.74, 6) is 0. The molecular formula is C88H76BN5. The molecule has 0 radical (unpaired) electrons. The summed E-state index contributed by atoms with van der Waals surface area (Å²) in [7, 11) is 0. The predicted octanol–water partition coefficient (Wildman–Crippen LogP) is 22.0. The van der Waals surface area contributed by atoms with Crippen molar-refractivity contribution in [3.05, 3.63) is 265 Å². The first-order valence-corrected chi connectivity index (χ1v) is 33.7. The Kier molecular flexibility index (Phi) is 11.8. The highest BCUT2D eigenvalue weighted by Crippen LogP contribution is 2.51. The van der Waals surface area contributed by atoms with Gasteiger partial charge in [0, 0.05) is 88.6 Å². The Hall–Kier alpha value is -10.3. The molecule has 94 heavy (non-hydrogen) atoms. The summed E-state index contributed by atoms with van der Waals surface area (Å²) in [6.07, 6.45) is 0. The van der Waals surface area contributed by atoms with Gasteiger partial charge in [-0.2, -0.15) is 0 Å². The van der Waals surface area contributed by atoms with Crippen molar-refractivity contribution in [1.29, 1.82) is 0 Å². The Morgan fingerprint density at radius 2 is 0.606 bits per heavy atom. The second-order valence-corrected chi connectivity index (χ2v) is 31.1. The molecular weight excluding hydrogens is 1140 g/mol. The van der Waals surface area contributed by atoms with Crippen molar-refractivity contribution in [3.8, 4) is 22.5 Å². The smallest absolute Gasteiger partial charge is 0.252 e. The molecule has 16 aromatic rings. The quantitative estimate of drug-likeness (QED) is 0.160. The summed E-state index contributed by atoms with van der Waals surface area (Å²) < 4.78 is 7.51. The summed E-state index contributed by atoms with van der Waals surface area (Å²) in [4.78, 5) is 5.37. The zero-order chi connectivity index (χ0) is 64.2. The van der Waals surface area contributed by atoms with E-state index in [1.165, 1.54) is 149 Å². The molecule has 18 rings (SSSR count). The van der Waals surface area contributed by atoms with E-state index in [1.54, 1.807) is 0 Å². The van der Waals surface area contributed by atoms with Gasteiger partial charge in [0.05, 0.1) is 38.6 Å². The Labute approximate surface area is 551 Å². The van der Waals surface area contributed by atoms with Crippen molar-refractivity contribution >= 4 is 139 Å². The molecule has 0 unspecified atom stereocenters. The Morgan fingerprint density at radius 3 is 1.01 bits per heavy atom. The third-order valence-electron chi connectivity index (χ3n) is 21.1. The second kappa shape index (κ2) is 19.6. The van der Waals surface area contributed by atoms with Crippen LogP contribution in [-0.2, 0) is 21.7 Å². The number of benzene rings is 12. The first kappa shape index (κ1) is 56.5. The number of fused-ring (bicyclic) bond motifs is 16. The van der Waals surface area contributed by atoms with Gasteiger partial charge in [0.2, 0.25) is 0 Å². The minimum atomic E-state index is -0.159. The fraction of sp³-hybridized carbons (Fsp3) is 0.182. The van der Waals surface area contributed by atoms with Crippen molar-refractivity contribution in [2.24, 2.45) is 0 Å². The van der Waals surface area contributed by atoms with Gasteiger partial charge in [-0.15, -0.1) is 0 Å². The lowest BCUT2D eigenvalue weighted by Gasteiger charge is -2.45. The van der Waals surface area contributed by atoms with Crippen LogP contribution in [0.15, 0.2) is 243 Å². The molecule has 0 fully saturated rings. The summed E-state index contributed by atoms with van der Waals surface area (Å²) in [6.45, 7) is 28.3. The highest BCUT2D eigenvalue weighted by molar-refractivity contribution is 7.00. The minimum absolute atomic E-state index is 0.145. The highest BCUT2D eigenvalue weighted by Gasteiger charge is 2.45. The normalized spacial score (nSPS) is 13.7. The number of hydrogen-bond acceptors (Lipinski definition) is 2. The van der Waals surface area contributed by atoms with Crippen molar-refractivity contribution in [1.82, 2.24) is 13.5 Å². The second-order valence-electron chi connectivity index (χ2n) is 31.1. The average Bonchev–Trinajstić information content (AvgIpc) is 0.949. The Bertz CT molecular complexity index is 5440. The predicted molar refractivity (Wildman–Crippen MR) is 404 cm³/mol. The van der Waals surface area contributed by atoms with Gasteiger partial charge in [-0.05, 0) is 175 Å². The molecule has 0 bridgehead atoms. The molecule has 0 amide bonds. The third kappa shape index (κ3) is 8.27. The monoisotopic (exact) mass is 1210 g/mol. The minimum Gasteiger partial charge on any atom is -0.311 e. The van der Waals surface area contributed by atoms with Gasteiger partial charge in [0.25, 0.3) is 6.71 Å². The van der Waals surface area contributed by atoms with E-state index in [1.807, 2.05) is 0 Å². The van der Waals surface area contributed by atoms with Crippen LogP contribution in [0.1, 0.15) is 105 Å². The molecule has 12 aromatic carbocycles. The van der Waals surface area contributed by atoms with Crippen LogP contribution < -0.4 is 26.2 Å². The third-order valence-corrected chi connectivity index (χ3v) is 21.1. The van der Waals surface area contributed by atoms with E-state index in [0.29, 0.717) is 0 Å². The van der Waals surface area contributed by atoms with Crippen LogP contribution in [0.2, 0.25) is 0 Å². The molecule has 0 aliphatic carbocycles. The summed E-state index contributed by atoms with van der Waals surface area (Å²) in [5.41, 5.74) is 28.6. The van der Waals surface area contributed by atoms with Gasteiger partial charge < -0.3 is 23.3 Å². The van der Waals surface area contributed by atoms with Gasteiger partial charge >= 0.3 is 0 Å². The summed E-state index contributed by atoms with van der Waals surface area (Å²) in [5, 5.41) is 10.1. The molecule has 6 heteroatoms. The van der Waals surface area contributed by atoms with Gasteiger partial charge in [0.15, 0.2) is 0 Å². The van der Waals surface area contributed by atoms with Crippen LogP contribution >= 0.6 is 0 Å². The molecule has 2 aliphatic rings. The molecule has 6 heterocycles. The van der Waals surface area contributed by atoms with Crippen LogP contribution in [-0.4, -0.2) is 20.2 Å². The number of rotatable bonds is 5. The van der Waals surface area contributed by atoms with E-state index in [-0.39, 0.29) is 28.4 Å². The Morgan fingerprint density at radius 1 is 0.255 bits per heavy atom. The van der Waals surface area contributed by atoms with E-state index < -0.39 is 0 Å². The molecule has 0 atom stereocenters. The fourth-order valence-electron chi connectivity index (χ4n) is 16.2. The lowest BCUT2D eigenvalue weighted by molar-refractivity contribution is 0.568. The van der Waals surface area contributed by atoms with Crippen LogP contribution in [0.3, 0.4) is 0 Å². The summed E-state index contributed by atoms with van der Waals surface area (Å²) >= 11 is 0. The Balaban J connectivity index is 0.998. The van der Waals surface area contributed by atoms with Crippen molar-refractivity contribution in [2.75, 3.05) is 9.80 Å². The lowest BCUT2D eigenvalue weighted by Crippen LogP contribution is -2.61. The van der Waals surface area contributed by atoms with Crippen molar-refractivity contribution in [2.45, 2.75) is 105 Å². The van der Waals surface area contributed by atoms with Crippen LogP contribution in [0.25, 0.3) is 104 Å². The standard InChI is InChI=1S/C88H76BN5/c1-85(2,3)55-45-56(86(4,5)6)48-61(47-55)92-79-51-59(90-73-31-18-13-24-63(73)64-25-14-19-32-74(64)90)37-39-71(79)89-72-40-38-60(91-75-33-20-15-26-65(75)66-27-16-21-34-76(66)91)52-80(72)93(62-49-57(87(7,8)9)46-58(50-62)88(10,11)12)82-44-54(43-81(92)83(82)89)53-36-41-78-70(42-53)69-30-23-29-68-67-28-17-22-35-77(67)94(78)84(68)69/h13-52H,1-12H3. The van der Waals surface area contributed by atoms with Gasteiger partial charge in [-0.1, -0.05) is 223 Å². The van der Waals surface area contributed by atoms with Crippen LogP contribution in [0, 0.1) is 0 Å². The molecule has 2 aliphatic heterocycles. The van der Waals surface area contributed by atoms with E-state index in [9.17, 15) is 0 Å². The van der Waals surface area contributed by atoms with Gasteiger partial charge in [0.1, 0.15) is 0 Å². The SMILES string of the molecule is CC(C)(C)c1cc(N2c3cc(-n4c5ccccc5c5ccccc54)ccc3B3c4ccc(-n5c6ccccc6c6ccccc65)cc4N(c4cc(C(C)(C)C)cc(C(C)(C)C)c4)c4cc(-c5ccc6c(c5)c5cccc7c8ccccc8n6c75)cc2c43)cc(C(C)(C)C)c1. The number of nitrogens with zero attached hydrogens (tertiary/aromatic N) is 5. The maximum atomic E-state index is 2.68. The van der Waals surface area contributed by atoms with Crippen molar-refractivity contribution < 1.29 is 0 Å². The highest BCUT2D eigenvalue weighted by atomic mass is 15.2. The van der Waals surface area contributed by atoms with Crippen LogP contribution in [0.4, 0.5) is 34.1 Å². The lowest BCUT2D eigenvalue weighted by atomic mass is 9.33. The molecule has 456 valence electrons. The maximum absolute atomic E-state index is 2.68. The first-order chi connectivity index (χ1) is 45.2.